The van der Waals surface area contributed by atoms with Gasteiger partial charge in [-0.3, -0.25) is 14.3 Å². The first-order chi connectivity index (χ1) is 15.9. The molecular weight excluding hydrogens is 448 g/mol. The third-order valence-electron chi connectivity index (χ3n) is 4.83. The average molecular weight is 469 g/mol. The Morgan fingerprint density at radius 1 is 1.21 bits per heavy atom. The van der Waals surface area contributed by atoms with Gasteiger partial charge in [0.1, 0.15) is 18.5 Å². The second-order valence-corrected chi connectivity index (χ2v) is 7.67. The van der Waals surface area contributed by atoms with Crippen LogP contribution in [0.4, 0.5) is 5.95 Å². The van der Waals surface area contributed by atoms with Crippen molar-refractivity contribution in [2.45, 2.75) is 12.6 Å². The van der Waals surface area contributed by atoms with Crippen LogP contribution in [-0.4, -0.2) is 43.1 Å². The first kappa shape index (κ1) is 22.3. The summed E-state index contributed by atoms with van der Waals surface area (Å²) >= 11 is 5.87. The highest BCUT2D eigenvalue weighted by Crippen LogP contribution is 2.18. The number of benzene rings is 2. The van der Waals surface area contributed by atoms with Gasteiger partial charge in [0, 0.05) is 12.1 Å². The van der Waals surface area contributed by atoms with Gasteiger partial charge in [0.25, 0.3) is 5.56 Å². The molecule has 4 aromatic rings. The molecule has 0 aliphatic heterocycles. The minimum absolute atomic E-state index is 0.0332. The lowest BCUT2D eigenvalue weighted by atomic mass is 10.2. The maximum atomic E-state index is 12.6. The number of hydrazone groups is 1. The van der Waals surface area contributed by atoms with E-state index < -0.39 is 17.4 Å². The second-order valence-electron chi connectivity index (χ2n) is 7.24. The number of aryl methyl sites for hydroxylation is 1. The van der Waals surface area contributed by atoms with E-state index >= 15 is 0 Å². The number of aliphatic hydroxyl groups excluding tert-OH is 1. The van der Waals surface area contributed by atoms with Crippen molar-refractivity contribution in [1.82, 2.24) is 19.1 Å². The van der Waals surface area contributed by atoms with Crippen molar-refractivity contribution < 1.29 is 9.84 Å². The molecule has 0 saturated carbocycles. The van der Waals surface area contributed by atoms with Crippen molar-refractivity contribution in [3.05, 3.63) is 86.0 Å². The number of H-pyrrole nitrogens is 1. The number of halogens is 1. The third kappa shape index (κ3) is 5.13. The first-order valence-electron chi connectivity index (χ1n) is 10.0. The van der Waals surface area contributed by atoms with Crippen molar-refractivity contribution >= 4 is 34.9 Å². The van der Waals surface area contributed by atoms with Crippen molar-refractivity contribution in [2.75, 3.05) is 12.0 Å². The number of imidazole rings is 1. The number of nitrogens with one attached hydrogen (secondary N) is 2. The van der Waals surface area contributed by atoms with Gasteiger partial charge in [-0.15, -0.1) is 0 Å². The lowest BCUT2D eigenvalue weighted by Crippen LogP contribution is -2.30. The van der Waals surface area contributed by atoms with Gasteiger partial charge in [-0.05, 0) is 29.8 Å². The molecule has 0 bridgehead atoms. The largest absolute Gasteiger partial charge is 0.491 e. The zero-order valence-electron chi connectivity index (χ0n) is 17.6. The van der Waals surface area contributed by atoms with Crippen LogP contribution in [0.15, 0.2) is 69.3 Å². The maximum Gasteiger partial charge on any atom is 0.329 e. The number of aliphatic hydroxyl groups is 1. The Morgan fingerprint density at radius 3 is 2.67 bits per heavy atom. The monoisotopic (exact) mass is 468 g/mol. The van der Waals surface area contributed by atoms with Gasteiger partial charge < -0.3 is 14.4 Å². The van der Waals surface area contributed by atoms with Gasteiger partial charge in [-0.25, -0.2) is 10.2 Å². The quantitative estimate of drug-likeness (QED) is 0.268. The van der Waals surface area contributed by atoms with Crippen molar-refractivity contribution in [3.8, 4) is 5.75 Å². The molecule has 170 valence electrons. The van der Waals surface area contributed by atoms with E-state index in [9.17, 15) is 14.7 Å². The summed E-state index contributed by atoms with van der Waals surface area (Å²) in [4.78, 5) is 31.2. The average Bonchev–Trinajstić information content (AvgIpc) is 3.16. The highest BCUT2D eigenvalue weighted by Gasteiger charge is 2.20. The van der Waals surface area contributed by atoms with E-state index in [0.29, 0.717) is 10.8 Å². The Bertz CT molecular complexity index is 1390. The molecule has 0 aliphatic rings. The molecule has 0 amide bonds. The molecule has 11 heteroatoms. The van der Waals surface area contributed by atoms with E-state index in [4.69, 9.17) is 16.3 Å². The summed E-state index contributed by atoms with van der Waals surface area (Å²) in [6, 6.07) is 16.1. The molecule has 2 aromatic carbocycles. The third-order valence-corrected chi connectivity index (χ3v) is 5.09. The molecule has 1 atom stereocenters. The zero-order chi connectivity index (χ0) is 23.4. The number of fused-ring (bicyclic) bond motifs is 1. The van der Waals surface area contributed by atoms with Crippen LogP contribution in [0.2, 0.25) is 5.02 Å². The number of nitrogens with zero attached hydrogens (tertiary/aromatic N) is 4. The Hall–Kier alpha value is -3.89. The fraction of sp³-hybridized carbons (Fsp3) is 0.182. The van der Waals surface area contributed by atoms with Crippen LogP contribution in [0.25, 0.3) is 11.2 Å². The fourth-order valence-electron chi connectivity index (χ4n) is 3.19. The van der Waals surface area contributed by atoms with Gasteiger partial charge in [0.05, 0.1) is 12.8 Å². The van der Waals surface area contributed by atoms with E-state index in [2.05, 4.69) is 20.5 Å². The standard InChI is InChI=1S/C22H21ClN6O4/c1-28-19-18(20(31)26-22(28)32)29(12-16(30)13-33-17-9-7-15(23)8-10-17)21(25-19)27-24-11-14-5-3-2-4-6-14/h2-11,16,30H,12-13H2,1H3,(H,25,27)(H,26,31,32). The van der Waals surface area contributed by atoms with E-state index in [1.165, 1.54) is 16.2 Å². The smallest absolute Gasteiger partial charge is 0.329 e. The van der Waals surface area contributed by atoms with Gasteiger partial charge >= 0.3 is 5.69 Å². The Balaban J connectivity index is 1.61. The Labute approximate surface area is 192 Å². The molecular formula is C22H21ClN6O4. The van der Waals surface area contributed by atoms with E-state index in [0.717, 1.165) is 5.56 Å². The molecule has 4 rings (SSSR count). The number of hydrogen-bond acceptors (Lipinski definition) is 7. The summed E-state index contributed by atoms with van der Waals surface area (Å²) in [6.45, 7) is -0.0771. The van der Waals surface area contributed by atoms with Crippen LogP contribution in [0, 0.1) is 0 Å². The molecule has 10 nitrogen and oxygen atoms in total. The number of hydrogen-bond donors (Lipinski definition) is 3. The summed E-state index contributed by atoms with van der Waals surface area (Å²) in [5, 5.41) is 15.3. The van der Waals surface area contributed by atoms with Gasteiger partial charge in [-0.2, -0.15) is 10.1 Å². The summed E-state index contributed by atoms with van der Waals surface area (Å²) in [7, 11) is 1.50. The topological polar surface area (TPSA) is 127 Å². The van der Waals surface area contributed by atoms with Crippen LogP contribution < -0.4 is 21.4 Å². The minimum Gasteiger partial charge on any atom is -0.491 e. The van der Waals surface area contributed by atoms with Gasteiger partial charge in [-0.1, -0.05) is 41.9 Å². The van der Waals surface area contributed by atoms with Gasteiger partial charge in [0.2, 0.25) is 5.95 Å². The predicted octanol–water partition coefficient (Wildman–Crippen LogP) is 1.96. The molecule has 1 unspecified atom stereocenters. The van der Waals surface area contributed by atoms with E-state index in [1.54, 1.807) is 30.5 Å². The molecule has 0 saturated heterocycles. The van der Waals surface area contributed by atoms with Crippen LogP contribution >= 0.6 is 11.6 Å². The van der Waals surface area contributed by atoms with E-state index in [1.807, 2.05) is 30.3 Å². The number of ether oxygens (including phenoxy) is 1. The van der Waals surface area contributed by atoms with Crippen molar-refractivity contribution in [2.24, 2.45) is 12.1 Å². The highest BCUT2D eigenvalue weighted by atomic mass is 35.5. The summed E-state index contributed by atoms with van der Waals surface area (Å²) in [5.74, 6) is 0.731. The number of aromatic amines is 1. The van der Waals surface area contributed by atoms with Crippen LogP contribution in [0.5, 0.6) is 5.75 Å². The summed E-state index contributed by atoms with van der Waals surface area (Å²) in [5.41, 5.74) is 2.72. The Morgan fingerprint density at radius 2 is 1.94 bits per heavy atom. The number of anilines is 1. The van der Waals surface area contributed by atoms with Crippen LogP contribution in [-0.2, 0) is 13.6 Å². The second kappa shape index (κ2) is 9.72. The molecule has 0 fully saturated rings. The molecule has 0 aliphatic carbocycles. The minimum atomic E-state index is -0.992. The zero-order valence-corrected chi connectivity index (χ0v) is 18.4. The molecule has 2 heterocycles. The Kier molecular flexibility index (Phi) is 6.57. The summed E-state index contributed by atoms with van der Waals surface area (Å²) in [6.07, 6.45) is 0.598. The molecule has 33 heavy (non-hydrogen) atoms. The highest BCUT2D eigenvalue weighted by molar-refractivity contribution is 6.30. The molecule has 2 aromatic heterocycles. The van der Waals surface area contributed by atoms with E-state index in [-0.39, 0.29) is 30.3 Å². The molecule has 3 N–H and O–H groups in total. The lowest BCUT2D eigenvalue weighted by Gasteiger charge is -2.15. The summed E-state index contributed by atoms with van der Waals surface area (Å²) < 4.78 is 8.28. The lowest BCUT2D eigenvalue weighted by molar-refractivity contribution is 0.0938. The number of rotatable bonds is 8. The van der Waals surface area contributed by atoms with Crippen LogP contribution in [0.3, 0.4) is 0 Å². The van der Waals surface area contributed by atoms with Crippen molar-refractivity contribution in [3.63, 3.8) is 0 Å². The number of aromatic nitrogens is 4. The fourth-order valence-corrected chi connectivity index (χ4v) is 3.31. The normalized spacial score (nSPS) is 12.3. The maximum absolute atomic E-state index is 12.6. The van der Waals surface area contributed by atoms with Gasteiger partial charge in [0.15, 0.2) is 11.2 Å². The molecule has 0 spiro atoms. The van der Waals surface area contributed by atoms with Crippen molar-refractivity contribution in [1.29, 1.82) is 0 Å². The molecule has 0 radical (unpaired) electrons. The first-order valence-corrected chi connectivity index (χ1v) is 10.4. The van der Waals surface area contributed by atoms with Crippen LogP contribution in [0.1, 0.15) is 5.56 Å². The predicted molar refractivity (Wildman–Crippen MR) is 126 cm³/mol. The SMILES string of the molecule is Cn1c(=O)[nH]c(=O)c2c1nc(NN=Cc1ccccc1)n2CC(O)COc1ccc(Cl)cc1.